The van der Waals surface area contributed by atoms with Crippen LogP contribution in [0.5, 0.6) is 0 Å². The first kappa shape index (κ1) is 17.9. The molecule has 0 bridgehead atoms. The summed E-state index contributed by atoms with van der Waals surface area (Å²) in [7, 11) is 1.42. The summed E-state index contributed by atoms with van der Waals surface area (Å²) >= 11 is 0. The van der Waals surface area contributed by atoms with E-state index >= 15 is 0 Å². The highest BCUT2D eigenvalue weighted by molar-refractivity contribution is 5.96. The van der Waals surface area contributed by atoms with Gasteiger partial charge in [-0.15, -0.1) is 0 Å². The van der Waals surface area contributed by atoms with Crippen LogP contribution < -0.4 is 0 Å². The second-order valence-electron chi connectivity index (χ2n) is 5.66. The van der Waals surface area contributed by atoms with E-state index in [4.69, 9.17) is 0 Å². The van der Waals surface area contributed by atoms with Crippen LogP contribution in [-0.4, -0.2) is 46.9 Å². The van der Waals surface area contributed by atoms with Crippen molar-refractivity contribution in [2.24, 2.45) is 5.16 Å². The molecule has 1 aromatic carbocycles. The molecule has 1 fully saturated rings. The van der Waals surface area contributed by atoms with Gasteiger partial charge in [0, 0.05) is 17.2 Å². The Labute approximate surface area is 146 Å². The van der Waals surface area contributed by atoms with Crippen molar-refractivity contribution in [2.75, 3.05) is 13.7 Å². The van der Waals surface area contributed by atoms with Gasteiger partial charge in [0.25, 0.3) is 5.91 Å². The van der Waals surface area contributed by atoms with Crippen LogP contribution in [0.2, 0.25) is 0 Å². The first-order valence-corrected chi connectivity index (χ1v) is 7.77. The standard InChI is InChI=1S/C16H15F3N4O3/c1-25-20-8-9-23(12-6-7-12)14(24)11-4-2-10(3-5-11)13-21-15(26-22-13)16(17,18)19/h2-5,8,12H,6-7,9H2,1H3. The zero-order valence-corrected chi connectivity index (χ0v) is 13.7. The van der Waals surface area contributed by atoms with Crippen LogP contribution in [0.4, 0.5) is 13.2 Å². The molecule has 1 aliphatic rings. The van der Waals surface area contributed by atoms with Gasteiger partial charge in [0.2, 0.25) is 5.82 Å². The molecule has 10 heteroatoms. The predicted octanol–water partition coefficient (Wildman–Crippen LogP) is 2.99. The van der Waals surface area contributed by atoms with Crippen molar-refractivity contribution < 1.29 is 27.3 Å². The molecular formula is C16H15F3N4O3. The number of benzene rings is 1. The number of rotatable bonds is 6. The Hall–Kier alpha value is -2.91. The van der Waals surface area contributed by atoms with E-state index in [-0.39, 0.29) is 17.8 Å². The largest absolute Gasteiger partial charge is 0.471 e. The SMILES string of the molecule is CON=CCN(C(=O)c1ccc(-c2noc(C(F)(F)F)n2)cc1)C1CC1. The number of oxime groups is 1. The highest BCUT2D eigenvalue weighted by Gasteiger charge is 2.38. The number of nitrogens with zero attached hydrogens (tertiary/aromatic N) is 4. The lowest BCUT2D eigenvalue weighted by atomic mass is 10.1. The number of alkyl halides is 3. The number of halogens is 3. The number of hydrogen-bond donors (Lipinski definition) is 0. The molecule has 1 heterocycles. The molecule has 0 atom stereocenters. The van der Waals surface area contributed by atoms with Gasteiger partial charge in [0.15, 0.2) is 0 Å². The minimum atomic E-state index is -4.70. The molecule has 0 unspecified atom stereocenters. The fourth-order valence-corrected chi connectivity index (χ4v) is 2.36. The molecule has 0 spiro atoms. The van der Waals surface area contributed by atoms with Gasteiger partial charge in [0.1, 0.15) is 7.11 Å². The lowest BCUT2D eigenvalue weighted by Crippen LogP contribution is -2.34. The minimum Gasteiger partial charge on any atom is -0.399 e. The number of amides is 1. The van der Waals surface area contributed by atoms with Gasteiger partial charge in [0.05, 0.1) is 12.8 Å². The van der Waals surface area contributed by atoms with E-state index in [0.29, 0.717) is 17.7 Å². The monoisotopic (exact) mass is 368 g/mol. The molecule has 138 valence electrons. The molecule has 0 radical (unpaired) electrons. The molecule has 2 aromatic rings. The van der Waals surface area contributed by atoms with Crippen LogP contribution in [-0.2, 0) is 11.0 Å². The van der Waals surface area contributed by atoms with Gasteiger partial charge in [-0.05, 0) is 25.0 Å². The zero-order chi connectivity index (χ0) is 18.7. The Morgan fingerprint density at radius 1 is 1.38 bits per heavy atom. The Balaban J connectivity index is 1.75. The van der Waals surface area contributed by atoms with E-state index in [0.717, 1.165) is 12.8 Å². The molecular weight excluding hydrogens is 353 g/mol. The molecule has 1 aromatic heterocycles. The van der Waals surface area contributed by atoms with E-state index in [1.807, 2.05) is 0 Å². The first-order chi connectivity index (χ1) is 12.4. The average molecular weight is 368 g/mol. The maximum Gasteiger partial charge on any atom is 0.471 e. The smallest absolute Gasteiger partial charge is 0.399 e. The summed E-state index contributed by atoms with van der Waals surface area (Å²) in [6.07, 6.45) is -1.35. The summed E-state index contributed by atoms with van der Waals surface area (Å²) in [6.45, 7) is 0.318. The van der Waals surface area contributed by atoms with Gasteiger partial charge < -0.3 is 14.3 Å². The summed E-state index contributed by atoms with van der Waals surface area (Å²) in [5.74, 6) is -1.79. The number of carbonyl (C=O) groups excluding carboxylic acids is 1. The third kappa shape index (κ3) is 4.01. The third-order valence-electron chi connectivity index (χ3n) is 3.77. The second kappa shape index (κ2) is 7.14. The van der Waals surface area contributed by atoms with E-state index in [9.17, 15) is 18.0 Å². The van der Waals surface area contributed by atoms with Crippen molar-refractivity contribution in [3.8, 4) is 11.4 Å². The summed E-state index contributed by atoms with van der Waals surface area (Å²) < 4.78 is 41.8. The van der Waals surface area contributed by atoms with E-state index in [1.54, 1.807) is 4.90 Å². The van der Waals surface area contributed by atoms with Crippen LogP contribution in [0.1, 0.15) is 29.1 Å². The topological polar surface area (TPSA) is 80.8 Å². The van der Waals surface area contributed by atoms with Gasteiger partial charge >= 0.3 is 12.1 Å². The molecule has 7 nitrogen and oxygen atoms in total. The fraction of sp³-hybridized carbons (Fsp3) is 0.375. The summed E-state index contributed by atoms with van der Waals surface area (Å²) in [4.78, 5) is 22.2. The fourth-order valence-electron chi connectivity index (χ4n) is 2.36. The summed E-state index contributed by atoms with van der Waals surface area (Å²) in [6, 6.07) is 6.16. The molecule has 1 saturated carbocycles. The van der Waals surface area contributed by atoms with Crippen LogP contribution in [0, 0.1) is 0 Å². The van der Waals surface area contributed by atoms with Crippen LogP contribution in [0.3, 0.4) is 0 Å². The molecule has 1 amide bonds. The number of carbonyl (C=O) groups is 1. The van der Waals surface area contributed by atoms with E-state index in [2.05, 4.69) is 24.7 Å². The van der Waals surface area contributed by atoms with Crippen LogP contribution in [0.25, 0.3) is 11.4 Å². The van der Waals surface area contributed by atoms with Gasteiger partial charge in [-0.1, -0.05) is 22.4 Å². The molecule has 0 saturated heterocycles. The average Bonchev–Trinajstić information content (AvgIpc) is 3.31. The van der Waals surface area contributed by atoms with Crippen molar-refractivity contribution in [3.05, 3.63) is 35.7 Å². The van der Waals surface area contributed by atoms with Crippen molar-refractivity contribution in [1.29, 1.82) is 0 Å². The van der Waals surface area contributed by atoms with Gasteiger partial charge in [-0.25, -0.2) is 0 Å². The quantitative estimate of drug-likeness (QED) is 0.578. The summed E-state index contributed by atoms with van der Waals surface area (Å²) in [5, 5.41) is 6.95. The number of hydrogen-bond acceptors (Lipinski definition) is 6. The second-order valence-corrected chi connectivity index (χ2v) is 5.66. The minimum absolute atomic E-state index is 0.164. The molecule has 0 aliphatic heterocycles. The Bertz CT molecular complexity index is 798. The maximum absolute atomic E-state index is 12.6. The Kier molecular flexibility index (Phi) is 4.92. The molecule has 3 rings (SSSR count). The Morgan fingerprint density at radius 3 is 2.62 bits per heavy atom. The molecule has 26 heavy (non-hydrogen) atoms. The van der Waals surface area contributed by atoms with Crippen molar-refractivity contribution in [1.82, 2.24) is 15.0 Å². The van der Waals surface area contributed by atoms with Crippen molar-refractivity contribution in [3.63, 3.8) is 0 Å². The highest BCUT2D eigenvalue weighted by Crippen LogP contribution is 2.30. The normalized spacial score (nSPS) is 14.6. The Morgan fingerprint density at radius 2 is 2.08 bits per heavy atom. The van der Waals surface area contributed by atoms with Crippen LogP contribution >= 0.6 is 0 Å². The van der Waals surface area contributed by atoms with Crippen molar-refractivity contribution in [2.45, 2.75) is 25.1 Å². The zero-order valence-electron chi connectivity index (χ0n) is 13.7. The van der Waals surface area contributed by atoms with Gasteiger partial charge in [-0.2, -0.15) is 18.2 Å². The lowest BCUT2D eigenvalue weighted by Gasteiger charge is -2.20. The maximum atomic E-state index is 12.6. The molecule has 0 N–H and O–H groups in total. The van der Waals surface area contributed by atoms with Crippen molar-refractivity contribution >= 4 is 12.1 Å². The third-order valence-corrected chi connectivity index (χ3v) is 3.77. The molecule has 1 aliphatic carbocycles. The van der Waals surface area contributed by atoms with E-state index in [1.165, 1.54) is 37.6 Å². The number of aromatic nitrogens is 2. The van der Waals surface area contributed by atoms with Crippen LogP contribution in [0.15, 0.2) is 33.9 Å². The van der Waals surface area contributed by atoms with E-state index < -0.39 is 12.1 Å². The first-order valence-electron chi connectivity index (χ1n) is 7.77. The van der Waals surface area contributed by atoms with Gasteiger partial charge in [-0.3, -0.25) is 4.79 Å². The lowest BCUT2D eigenvalue weighted by molar-refractivity contribution is -0.159. The summed E-state index contributed by atoms with van der Waals surface area (Å²) in [5.41, 5.74) is 0.728. The predicted molar refractivity (Wildman–Crippen MR) is 84.3 cm³/mol. The highest BCUT2D eigenvalue weighted by atomic mass is 19.4.